The number of nitrogens with zero attached hydrogens (tertiary/aromatic N) is 1. The quantitative estimate of drug-likeness (QED) is 0.303. The van der Waals surface area contributed by atoms with Crippen LogP contribution >= 0.6 is 11.6 Å². The lowest BCUT2D eigenvalue weighted by molar-refractivity contribution is -0.137. The lowest BCUT2D eigenvalue weighted by Gasteiger charge is -2.11. The van der Waals surface area contributed by atoms with Gasteiger partial charge in [-0.25, -0.2) is 9.59 Å². The van der Waals surface area contributed by atoms with Gasteiger partial charge in [0.2, 0.25) is 0 Å². The van der Waals surface area contributed by atoms with Gasteiger partial charge in [-0.15, -0.1) is 0 Å². The molecule has 2 aromatic rings. The molecule has 0 saturated heterocycles. The molecule has 0 saturated carbocycles. The summed E-state index contributed by atoms with van der Waals surface area (Å²) in [5.74, 6) is -0.502. The van der Waals surface area contributed by atoms with Crippen molar-refractivity contribution in [3.05, 3.63) is 58.6 Å². The molecule has 0 bridgehead atoms. The van der Waals surface area contributed by atoms with Crippen LogP contribution in [0.3, 0.4) is 0 Å². The molecule has 8 heteroatoms. The summed E-state index contributed by atoms with van der Waals surface area (Å²) in [6, 6.07) is 12.9. The van der Waals surface area contributed by atoms with E-state index in [9.17, 15) is 9.59 Å². The minimum Gasteiger partial charge on any atom is -0.493 e. The van der Waals surface area contributed by atoms with Crippen molar-refractivity contribution in [3.8, 4) is 23.3 Å². The van der Waals surface area contributed by atoms with Gasteiger partial charge < -0.3 is 18.9 Å². The van der Waals surface area contributed by atoms with Crippen molar-refractivity contribution in [1.29, 1.82) is 5.26 Å². The average molecular weight is 402 g/mol. The maximum absolute atomic E-state index is 12.0. The summed E-state index contributed by atoms with van der Waals surface area (Å²) in [5, 5.41) is 9.57. The molecule has 28 heavy (non-hydrogen) atoms. The standard InChI is InChI=1S/C20H16ClNO6/c1-25-18-10-13(9-14(11-22)20(24)26-2)3-8-17(18)28-19(23)12-27-16-6-4-15(21)5-7-16/h3-10H,12H2,1-2H3/b14-9+. The van der Waals surface area contributed by atoms with Crippen molar-refractivity contribution < 1.29 is 28.5 Å². The summed E-state index contributed by atoms with van der Waals surface area (Å²) in [7, 11) is 2.58. The van der Waals surface area contributed by atoms with Gasteiger partial charge in [-0.1, -0.05) is 17.7 Å². The first kappa shape index (κ1) is 20.8. The largest absolute Gasteiger partial charge is 0.493 e. The van der Waals surface area contributed by atoms with Crippen molar-refractivity contribution in [2.24, 2.45) is 0 Å². The number of ether oxygens (including phenoxy) is 4. The number of carbonyl (C=O) groups is 2. The molecule has 0 aliphatic carbocycles. The molecule has 0 aliphatic rings. The summed E-state index contributed by atoms with van der Waals surface area (Å²) in [4.78, 5) is 23.5. The minimum atomic E-state index is -0.753. The van der Waals surface area contributed by atoms with Crippen LogP contribution in [0.15, 0.2) is 48.0 Å². The fourth-order valence-electron chi connectivity index (χ4n) is 2.10. The molecular weight excluding hydrogens is 386 g/mol. The van der Waals surface area contributed by atoms with Gasteiger partial charge in [-0.3, -0.25) is 0 Å². The van der Waals surface area contributed by atoms with Crippen molar-refractivity contribution in [1.82, 2.24) is 0 Å². The van der Waals surface area contributed by atoms with E-state index < -0.39 is 11.9 Å². The second-order valence-electron chi connectivity index (χ2n) is 5.29. The van der Waals surface area contributed by atoms with Gasteiger partial charge in [0, 0.05) is 5.02 Å². The van der Waals surface area contributed by atoms with Crippen LogP contribution in [0, 0.1) is 11.3 Å². The second kappa shape index (κ2) is 10.00. The number of hydrogen-bond acceptors (Lipinski definition) is 7. The molecule has 0 spiro atoms. The Morgan fingerprint density at radius 3 is 2.43 bits per heavy atom. The van der Waals surface area contributed by atoms with Crippen LogP contribution in [-0.4, -0.2) is 32.8 Å². The SMILES string of the molecule is COC(=O)/C(C#N)=C/c1ccc(OC(=O)COc2ccc(Cl)cc2)c(OC)c1. The third kappa shape index (κ3) is 5.76. The molecule has 0 fully saturated rings. The third-order valence-corrected chi connectivity index (χ3v) is 3.67. The lowest BCUT2D eigenvalue weighted by Crippen LogP contribution is -2.18. The topological polar surface area (TPSA) is 94.9 Å². The highest BCUT2D eigenvalue weighted by atomic mass is 35.5. The summed E-state index contributed by atoms with van der Waals surface area (Å²) in [5.41, 5.74) is 0.321. The zero-order valence-electron chi connectivity index (χ0n) is 15.1. The average Bonchev–Trinajstić information content (AvgIpc) is 2.71. The number of benzene rings is 2. The molecule has 2 rings (SSSR count). The van der Waals surface area contributed by atoms with Crippen molar-refractivity contribution in [2.45, 2.75) is 0 Å². The van der Waals surface area contributed by atoms with Gasteiger partial charge in [0.25, 0.3) is 0 Å². The van der Waals surface area contributed by atoms with Crippen LogP contribution in [-0.2, 0) is 14.3 Å². The Hall–Kier alpha value is -3.50. The van der Waals surface area contributed by atoms with E-state index in [4.69, 9.17) is 31.1 Å². The molecular formula is C20H16ClNO6. The Bertz CT molecular complexity index is 931. The molecule has 2 aromatic carbocycles. The summed E-state index contributed by atoms with van der Waals surface area (Å²) in [6.45, 7) is -0.312. The maximum Gasteiger partial charge on any atom is 0.349 e. The molecule has 0 N–H and O–H groups in total. The molecule has 0 heterocycles. The van der Waals surface area contributed by atoms with E-state index in [0.29, 0.717) is 16.3 Å². The number of rotatable bonds is 7. The van der Waals surface area contributed by atoms with Crippen LogP contribution in [0.2, 0.25) is 5.02 Å². The molecule has 144 valence electrons. The minimum absolute atomic E-state index is 0.168. The first-order valence-corrected chi connectivity index (χ1v) is 8.31. The van der Waals surface area contributed by atoms with E-state index in [-0.39, 0.29) is 23.7 Å². The summed E-state index contributed by atoms with van der Waals surface area (Å²) >= 11 is 5.79. The van der Waals surface area contributed by atoms with E-state index in [1.807, 2.05) is 0 Å². The third-order valence-electron chi connectivity index (χ3n) is 3.42. The van der Waals surface area contributed by atoms with Crippen LogP contribution < -0.4 is 14.2 Å². The highest BCUT2D eigenvalue weighted by Gasteiger charge is 2.13. The Morgan fingerprint density at radius 1 is 1.11 bits per heavy atom. The van der Waals surface area contributed by atoms with Gasteiger partial charge >= 0.3 is 11.9 Å². The van der Waals surface area contributed by atoms with Crippen LogP contribution in [0.5, 0.6) is 17.2 Å². The predicted octanol–water partition coefficient (Wildman–Crippen LogP) is 3.41. The summed E-state index contributed by atoms with van der Waals surface area (Å²) in [6.07, 6.45) is 1.34. The van der Waals surface area contributed by atoms with E-state index in [0.717, 1.165) is 0 Å². The Labute approximate surface area is 166 Å². The number of halogens is 1. The molecule has 7 nitrogen and oxygen atoms in total. The van der Waals surface area contributed by atoms with Crippen LogP contribution in [0.4, 0.5) is 0 Å². The van der Waals surface area contributed by atoms with Crippen LogP contribution in [0.1, 0.15) is 5.56 Å². The molecule has 0 aromatic heterocycles. The van der Waals surface area contributed by atoms with Gasteiger partial charge in [0.15, 0.2) is 18.1 Å². The lowest BCUT2D eigenvalue weighted by atomic mass is 10.1. The monoisotopic (exact) mass is 401 g/mol. The molecule has 0 radical (unpaired) electrons. The predicted molar refractivity (Wildman–Crippen MR) is 101 cm³/mol. The Balaban J connectivity index is 2.08. The Morgan fingerprint density at radius 2 is 1.82 bits per heavy atom. The van der Waals surface area contributed by atoms with Crippen molar-refractivity contribution in [2.75, 3.05) is 20.8 Å². The Kier molecular flexibility index (Phi) is 7.43. The molecule has 0 amide bonds. The van der Waals surface area contributed by atoms with E-state index in [1.54, 1.807) is 36.4 Å². The second-order valence-corrected chi connectivity index (χ2v) is 5.72. The number of methoxy groups -OCH3 is 2. The molecule has 0 unspecified atom stereocenters. The molecule has 0 atom stereocenters. The summed E-state index contributed by atoms with van der Waals surface area (Å²) < 4.78 is 20.3. The van der Waals surface area contributed by atoms with Gasteiger partial charge in [0.05, 0.1) is 14.2 Å². The number of nitriles is 1. The fourth-order valence-corrected chi connectivity index (χ4v) is 2.22. The first-order valence-electron chi connectivity index (χ1n) is 7.94. The maximum atomic E-state index is 12.0. The van der Waals surface area contributed by atoms with Gasteiger partial charge in [-0.05, 0) is 48.0 Å². The normalized spacial score (nSPS) is 10.6. The highest BCUT2D eigenvalue weighted by Crippen LogP contribution is 2.29. The zero-order chi connectivity index (χ0) is 20.5. The van der Waals surface area contributed by atoms with E-state index in [2.05, 4.69) is 4.74 Å². The number of carbonyl (C=O) groups excluding carboxylic acids is 2. The van der Waals surface area contributed by atoms with Crippen molar-refractivity contribution >= 4 is 29.6 Å². The first-order chi connectivity index (χ1) is 13.5. The van der Waals surface area contributed by atoms with Crippen molar-refractivity contribution in [3.63, 3.8) is 0 Å². The zero-order valence-corrected chi connectivity index (χ0v) is 15.9. The fraction of sp³-hybridized carbons (Fsp3) is 0.150. The van der Waals surface area contributed by atoms with Crippen LogP contribution in [0.25, 0.3) is 6.08 Å². The smallest absolute Gasteiger partial charge is 0.349 e. The highest BCUT2D eigenvalue weighted by molar-refractivity contribution is 6.30. The van der Waals surface area contributed by atoms with Gasteiger partial charge in [0.1, 0.15) is 17.4 Å². The number of esters is 2. The van der Waals surface area contributed by atoms with E-state index in [1.165, 1.54) is 32.4 Å². The van der Waals surface area contributed by atoms with Gasteiger partial charge in [-0.2, -0.15) is 5.26 Å². The number of hydrogen-bond donors (Lipinski definition) is 0. The molecule has 0 aliphatic heterocycles. The van der Waals surface area contributed by atoms with E-state index >= 15 is 0 Å².